The average molecular weight is 398 g/mol. The standard InChI is InChI=1S/C12H8Br2F2OS/c1-5-7(4-10(14)18-5)12(17)11-8(15)2-6(13)3-9(11)16/h2-4,12,17H,1H3. The Bertz CT molecular complexity index is 575. The maximum Gasteiger partial charge on any atom is 0.133 e. The minimum absolute atomic E-state index is 0.302. The van der Waals surface area contributed by atoms with Crippen LogP contribution in [0.4, 0.5) is 8.78 Å². The minimum Gasteiger partial charge on any atom is -0.383 e. The molecule has 0 bridgehead atoms. The molecule has 2 rings (SSSR count). The number of thiophene rings is 1. The van der Waals surface area contributed by atoms with Crippen molar-refractivity contribution in [3.05, 3.63) is 54.1 Å². The summed E-state index contributed by atoms with van der Waals surface area (Å²) in [4.78, 5) is 0.816. The van der Waals surface area contributed by atoms with E-state index in [2.05, 4.69) is 31.9 Å². The molecule has 1 unspecified atom stereocenters. The molecule has 0 amide bonds. The number of halogens is 4. The third-order valence-corrected chi connectivity index (χ3v) is 4.57. The molecule has 0 aliphatic rings. The molecule has 1 N–H and O–H groups in total. The lowest BCUT2D eigenvalue weighted by molar-refractivity contribution is 0.209. The van der Waals surface area contributed by atoms with Gasteiger partial charge < -0.3 is 5.11 Å². The van der Waals surface area contributed by atoms with Gasteiger partial charge in [0.25, 0.3) is 0 Å². The molecule has 1 aromatic heterocycles. The van der Waals surface area contributed by atoms with Gasteiger partial charge in [-0.1, -0.05) is 15.9 Å². The average Bonchev–Trinajstić information content (AvgIpc) is 2.56. The number of hydrogen-bond donors (Lipinski definition) is 1. The van der Waals surface area contributed by atoms with Gasteiger partial charge in [0.1, 0.15) is 17.7 Å². The van der Waals surface area contributed by atoms with Crippen LogP contribution >= 0.6 is 43.2 Å². The van der Waals surface area contributed by atoms with E-state index in [0.29, 0.717) is 10.0 Å². The molecule has 0 aliphatic carbocycles. The van der Waals surface area contributed by atoms with E-state index in [1.165, 1.54) is 11.3 Å². The molecule has 1 aromatic carbocycles. The molecule has 0 radical (unpaired) electrons. The van der Waals surface area contributed by atoms with Crippen LogP contribution in [0.5, 0.6) is 0 Å². The van der Waals surface area contributed by atoms with E-state index in [0.717, 1.165) is 20.8 Å². The van der Waals surface area contributed by atoms with Gasteiger partial charge >= 0.3 is 0 Å². The highest BCUT2D eigenvalue weighted by Crippen LogP contribution is 2.36. The van der Waals surface area contributed by atoms with Gasteiger partial charge in [-0.2, -0.15) is 0 Å². The predicted octanol–water partition coefficient (Wildman–Crippen LogP) is 4.94. The Kier molecular flexibility index (Phi) is 4.21. The second-order valence-corrected chi connectivity index (χ2v) is 7.30. The second-order valence-electron chi connectivity index (χ2n) is 3.75. The Morgan fingerprint density at radius 2 is 1.72 bits per heavy atom. The molecule has 6 heteroatoms. The van der Waals surface area contributed by atoms with Crippen LogP contribution in [0.2, 0.25) is 0 Å². The number of aliphatic hydroxyl groups is 1. The van der Waals surface area contributed by atoms with E-state index < -0.39 is 17.7 Å². The lowest BCUT2D eigenvalue weighted by Gasteiger charge is -2.13. The fourth-order valence-corrected chi connectivity index (χ4v) is 3.84. The van der Waals surface area contributed by atoms with Crippen LogP contribution < -0.4 is 0 Å². The normalized spacial score (nSPS) is 12.8. The molecule has 0 fully saturated rings. The van der Waals surface area contributed by atoms with Crippen LogP contribution in [0.1, 0.15) is 22.1 Å². The number of aryl methyl sites for hydroxylation is 1. The summed E-state index contributed by atoms with van der Waals surface area (Å²) in [6.45, 7) is 1.79. The first-order valence-electron chi connectivity index (χ1n) is 4.98. The first-order chi connectivity index (χ1) is 8.40. The maximum absolute atomic E-state index is 13.7. The minimum atomic E-state index is -1.30. The van der Waals surface area contributed by atoms with Crippen LogP contribution in [-0.4, -0.2) is 5.11 Å². The third-order valence-electron chi connectivity index (χ3n) is 2.54. The van der Waals surface area contributed by atoms with Crippen LogP contribution in [0.25, 0.3) is 0 Å². The highest BCUT2D eigenvalue weighted by atomic mass is 79.9. The van der Waals surface area contributed by atoms with E-state index in [1.807, 2.05) is 0 Å². The predicted molar refractivity (Wildman–Crippen MR) is 74.9 cm³/mol. The summed E-state index contributed by atoms with van der Waals surface area (Å²) in [6, 6.07) is 3.95. The molecular formula is C12H8Br2F2OS. The van der Waals surface area contributed by atoms with E-state index >= 15 is 0 Å². The first kappa shape index (κ1) is 14.1. The largest absolute Gasteiger partial charge is 0.383 e. The van der Waals surface area contributed by atoms with Crippen LogP contribution in [0, 0.1) is 18.6 Å². The molecule has 1 atom stereocenters. The zero-order valence-electron chi connectivity index (χ0n) is 9.18. The maximum atomic E-state index is 13.7. The van der Waals surface area contributed by atoms with Gasteiger partial charge in [-0.15, -0.1) is 11.3 Å². The van der Waals surface area contributed by atoms with Gasteiger partial charge in [-0.3, -0.25) is 0 Å². The van der Waals surface area contributed by atoms with Crippen molar-refractivity contribution in [3.8, 4) is 0 Å². The molecule has 2 aromatic rings. The smallest absolute Gasteiger partial charge is 0.133 e. The second kappa shape index (κ2) is 5.36. The fraction of sp³-hybridized carbons (Fsp3) is 0.167. The van der Waals surface area contributed by atoms with Gasteiger partial charge in [0.2, 0.25) is 0 Å². The van der Waals surface area contributed by atoms with Gasteiger partial charge in [-0.05, 0) is 46.6 Å². The molecule has 18 heavy (non-hydrogen) atoms. The van der Waals surface area contributed by atoms with E-state index in [9.17, 15) is 13.9 Å². The summed E-state index contributed by atoms with van der Waals surface area (Å²) in [7, 11) is 0. The highest BCUT2D eigenvalue weighted by molar-refractivity contribution is 9.11. The van der Waals surface area contributed by atoms with Crippen molar-refractivity contribution >= 4 is 43.2 Å². The Hall–Kier alpha value is -0.300. The van der Waals surface area contributed by atoms with Gasteiger partial charge in [-0.25, -0.2) is 8.78 Å². The molecule has 96 valence electrons. The SMILES string of the molecule is Cc1sc(Br)cc1C(O)c1c(F)cc(Br)cc1F. The van der Waals surface area contributed by atoms with E-state index in [-0.39, 0.29) is 5.56 Å². The van der Waals surface area contributed by atoms with E-state index in [1.54, 1.807) is 13.0 Å². The zero-order chi connectivity index (χ0) is 13.4. The highest BCUT2D eigenvalue weighted by Gasteiger charge is 2.23. The summed E-state index contributed by atoms with van der Waals surface area (Å²) in [5.74, 6) is -1.54. The van der Waals surface area contributed by atoms with Crippen molar-refractivity contribution in [2.24, 2.45) is 0 Å². The summed E-state index contributed by atoms with van der Waals surface area (Å²) < 4.78 is 28.6. The van der Waals surface area contributed by atoms with E-state index in [4.69, 9.17) is 0 Å². The molecule has 0 saturated heterocycles. The monoisotopic (exact) mass is 396 g/mol. The lowest BCUT2D eigenvalue weighted by Crippen LogP contribution is -2.06. The number of aliphatic hydroxyl groups excluding tert-OH is 1. The Labute approximate surface area is 124 Å². The third kappa shape index (κ3) is 2.66. The Morgan fingerprint density at radius 3 is 2.17 bits per heavy atom. The summed E-state index contributed by atoms with van der Waals surface area (Å²) in [6.07, 6.45) is -1.30. The summed E-state index contributed by atoms with van der Waals surface area (Å²) in [5.41, 5.74) is 0.179. The van der Waals surface area contributed by atoms with Crippen LogP contribution in [-0.2, 0) is 0 Å². The molecule has 0 spiro atoms. The Balaban J connectivity index is 2.52. The molecular weight excluding hydrogens is 390 g/mol. The van der Waals surface area contributed by atoms with Gasteiger partial charge in [0.15, 0.2) is 0 Å². The zero-order valence-corrected chi connectivity index (χ0v) is 13.2. The molecule has 1 nitrogen and oxygen atoms in total. The van der Waals surface area contributed by atoms with Crippen molar-refractivity contribution in [2.45, 2.75) is 13.0 Å². The number of rotatable bonds is 2. The van der Waals surface area contributed by atoms with Crippen molar-refractivity contribution in [1.29, 1.82) is 0 Å². The summed E-state index contributed by atoms with van der Waals surface area (Å²) in [5, 5.41) is 10.1. The lowest BCUT2D eigenvalue weighted by atomic mass is 10.0. The van der Waals surface area contributed by atoms with Crippen molar-refractivity contribution in [3.63, 3.8) is 0 Å². The van der Waals surface area contributed by atoms with Crippen molar-refractivity contribution in [2.75, 3.05) is 0 Å². The number of hydrogen-bond acceptors (Lipinski definition) is 2. The Morgan fingerprint density at radius 1 is 1.17 bits per heavy atom. The van der Waals surface area contributed by atoms with Crippen LogP contribution in [0.3, 0.4) is 0 Å². The molecule has 0 aliphatic heterocycles. The molecule has 0 saturated carbocycles. The van der Waals surface area contributed by atoms with Crippen molar-refractivity contribution < 1.29 is 13.9 Å². The van der Waals surface area contributed by atoms with Gasteiger partial charge in [0, 0.05) is 9.35 Å². The molecule has 1 heterocycles. The quantitative estimate of drug-likeness (QED) is 0.760. The first-order valence-corrected chi connectivity index (χ1v) is 7.38. The topological polar surface area (TPSA) is 20.2 Å². The van der Waals surface area contributed by atoms with Gasteiger partial charge in [0.05, 0.1) is 9.35 Å². The van der Waals surface area contributed by atoms with Crippen LogP contribution in [0.15, 0.2) is 26.5 Å². The van der Waals surface area contributed by atoms with Crippen molar-refractivity contribution in [1.82, 2.24) is 0 Å². The summed E-state index contributed by atoms with van der Waals surface area (Å²) >= 11 is 7.70. The fourth-order valence-electron chi connectivity index (χ4n) is 1.70. The number of benzene rings is 1.